The third-order valence-corrected chi connectivity index (χ3v) is 3.58. The van der Waals surface area contributed by atoms with E-state index in [4.69, 9.17) is 5.73 Å². The summed E-state index contributed by atoms with van der Waals surface area (Å²) in [6.45, 7) is 0. The van der Waals surface area contributed by atoms with E-state index in [0.29, 0.717) is 11.1 Å². The van der Waals surface area contributed by atoms with Crippen LogP contribution < -0.4 is 5.73 Å². The van der Waals surface area contributed by atoms with Crippen molar-refractivity contribution in [3.8, 4) is 11.1 Å². The summed E-state index contributed by atoms with van der Waals surface area (Å²) in [6, 6.07) is 7.47. The minimum Gasteiger partial charge on any atom is -0.381 e. The first-order chi connectivity index (χ1) is 8.38. The van der Waals surface area contributed by atoms with Crippen LogP contribution in [0.4, 0.5) is 10.2 Å². The topological polar surface area (TPSA) is 73.0 Å². The van der Waals surface area contributed by atoms with Gasteiger partial charge in [-0.1, -0.05) is 12.1 Å². The van der Waals surface area contributed by atoms with E-state index < -0.39 is 15.7 Å². The molecule has 94 valence electrons. The summed E-state index contributed by atoms with van der Waals surface area (Å²) in [5.74, 6) is -0.810. The largest absolute Gasteiger partial charge is 0.381 e. The van der Waals surface area contributed by atoms with Gasteiger partial charge in [-0.25, -0.2) is 17.8 Å². The molecule has 0 unspecified atom stereocenters. The Bertz CT molecular complexity index is 699. The lowest BCUT2D eigenvalue weighted by Crippen LogP contribution is -1.98. The second kappa shape index (κ2) is 4.38. The maximum Gasteiger partial charge on any atom is 0.175 e. The minimum absolute atomic E-state index is 0.178. The molecule has 0 aliphatic rings. The van der Waals surface area contributed by atoms with Gasteiger partial charge in [0.25, 0.3) is 0 Å². The average molecular weight is 266 g/mol. The number of hydrogen-bond donors (Lipinski definition) is 1. The Labute approximate surface area is 104 Å². The quantitative estimate of drug-likeness (QED) is 0.900. The maximum atomic E-state index is 13.3. The Hall–Kier alpha value is -1.95. The van der Waals surface area contributed by atoms with E-state index in [2.05, 4.69) is 4.98 Å². The van der Waals surface area contributed by atoms with Crippen LogP contribution in [-0.2, 0) is 9.84 Å². The molecule has 2 aromatic rings. The number of anilines is 1. The predicted molar refractivity (Wildman–Crippen MR) is 67.2 cm³/mol. The summed E-state index contributed by atoms with van der Waals surface area (Å²) in [5, 5.41) is 0. The smallest absolute Gasteiger partial charge is 0.175 e. The van der Waals surface area contributed by atoms with Gasteiger partial charge in [-0.15, -0.1) is 0 Å². The number of benzene rings is 1. The van der Waals surface area contributed by atoms with Crippen LogP contribution >= 0.6 is 0 Å². The first-order valence-corrected chi connectivity index (χ1v) is 6.98. The van der Waals surface area contributed by atoms with Gasteiger partial charge in [0.05, 0.1) is 4.90 Å². The molecule has 2 N–H and O–H groups in total. The molecule has 0 radical (unpaired) electrons. The number of aromatic nitrogens is 1. The van der Waals surface area contributed by atoms with Crippen LogP contribution in [0.3, 0.4) is 0 Å². The molecule has 0 spiro atoms. The van der Waals surface area contributed by atoms with Crippen molar-refractivity contribution in [1.29, 1.82) is 0 Å². The summed E-state index contributed by atoms with van der Waals surface area (Å²) >= 11 is 0. The molecule has 1 heterocycles. The highest BCUT2D eigenvalue weighted by molar-refractivity contribution is 7.90. The fraction of sp³-hybridized carbons (Fsp3) is 0.0833. The van der Waals surface area contributed by atoms with E-state index in [1.54, 1.807) is 12.1 Å². The minimum atomic E-state index is -3.29. The first kappa shape index (κ1) is 12.5. The van der Waals surface area contributed by atoms with E-state index in [-0.39, 0.29) is 10.7 Å². The van der Waals surface area contributed by atoms with Crippen molar-refractivity contribution in [3.63, 3.8) is 0 Å². The summed E-state index contributed by atoms with van der Waals surface area (Å²) in [5.41, 5.74) is 6.34. The molecule has 18 heavy (non-hydrogen) atoms. The highest BCUT2D eigenvalue weighted by Crippen LogP contribution is 2.23. The van der Waals surface area contributed by atoms with Crippen molar-refractivity contribution in [1.82, 2.24) is 4.98 Å². The van der Waals surface area contributed by atoms with Crippen LogP contribution in [0.2, 0.25) is 0 Å². The second-order valence-electron chi connectivity index (χ2n) is 3.89. The Balaban J connectivity index is 2.55. The maximum absolute atomic E-state index is 13.3. The summed E-state index contributed by atoms with van der Waals surface area (Å²) < 4.78 is 36.1. The molecule has 0 saturated heterocycles. The molecular formula is C12H11FN2O2S. The average Bonchev–Trinajstić information content (AvgIpc) is 2.32. The highest BCUT2D eigenvalue weighted by Gasteiger charge is 2.09. The number of nitrogens with zero attached hydrogens (tertiary/aromatic N) is 1. The van der Waals surface area contributed by atoms with E-state index >= 15 is 0 Å². The van der Waals surface area contributed by atoms with Crippen LogP contribution in [0.1, 0.15) is 0 Å². The van der Waals surface area contributed by atoms with Crippen molar-refractivity contribution in [2.45, 2.75) is 4.90 Å². The summed E-state index contributed by atoms with van der Waals surface area (Å²) in [6.07, 6.45) is 2.52. The molecule has 0 saturated carbocycles. The standard InChI is InChI=1S/C12H11FN2O2S/c1-18(16,17)10-4-2-3-8(5-10)9-6-11(13)12(14)15-7-9/h2-7H,1H3,(H2,14,15). The van der Waals surface area contributed by atoms with Crippen molar-refractivity contribution in [2.75, 3.05) is 12.0 Å². The van der Waals surface area contributed by atoms with E-state index in [0.717, 1.165) is 6.26 Å². The lowest BCUT2D eigenvalue weighted by atomic mass is 10.1. The zero-order chi connectivity index (χ0) is 13.3. The number of pyridine rings is 1. The lowest BCUT2D eigenvalue weighted by Gasteiger charge is -2.05. The number of rotatable bonds is 2. The third kappa shape index (κ3) is 2.48. The van der Waals surface area contributed by atoms with Gasteiger partial charge in [-0.3, -0.25) is 0 Å². The second-order valence-corrected chi connectivity index (χ2v) is 5.91. The SMILES string of the molecule is CS(=O)(=O)c1cccc(-c2cnc(N)c(F)c2)c1. The fourth-order valence-electron chi connectivity index (χ4n) is 1.51. The zero-order valence-electron chi connectivity index (χ0n) is 9.59. The van der Waals surface area contributed by atoms with Crippen molar-refractivity contribution >= 4 is 15.7 Å². The zero-order valence-corrected chi connectivity index (χ0v) is 10.4. The molecule has 0 aliphatic heterocycles. The Morgan fingerprint density at radius 1 is 1.22 bits per heavy atom. The third-order valence-electron chi connectivity index (χ3n) is 2.47. The molecule has 4 nitrogen and oxygen atoms in total. The lowest BCUT2D eigenvalue weighted by molar-refractivity contribution is 0.602. The molecule has 0 bridgehead atoms. The molecule has 0 atom stereocenters. The number of halogens is 1. The molecule has 0 amide bonds. The van der Waals surface area contributed by atoms with Gasteiger partial charge >= 0.3 is 0 Å². The van der Waals surface area contributed by atoms with Crippen LogP contribution in [0.5, 0.6) is 0 Å². The van der Waals surface area contributed by atoms with Gasteiger partial charge in [0.1, 0.15) is 0 Å². The Morgan fingerprint density at radius 3 is 2.56 bits per heavy atom. The van der Waals surface area contributed by atoms with E-state index in [9.17, 15) is 12.8 Å². The Morgan fingerprint density at radius 2 is 1.94 bits per heavy atom. The highest BCUT2D eigenvalue weighted by atomic mass is 32.2. The normalized spacial score (nSPS) is 11.4. The number of hydrogen-bond acceptors (Lipinski definition) is 4. The summed E-state index contributed by atoms with van der Waals surface area (Å²) in [4.78, 5) is 3.88. The Kier molecular flexibility index (Phi) is 3.04. The molecule has 2 rings (SSSR count). The fourth-order valence-corrected chi connectivity index (χ4v) is 2.18. The van der Waals surface area contributed by atoms with E-state index in [1.807, 2.05) is 0 Å². The summed E-state index contributed by atoms with van der Waals surface area (Å²) in [7, 11) is -3.29. The molecule has 6 heteroatoms. The number of nitrogen functional groups attached to an aromatic ring is 1. The molecule has 1 aromatic carbocycles. The monoisotopic (exact) mass is 266 g/mol. The van der Waals surface area contributed by atoms with Crippen LogP contribution in [0.25, 0.3) is 11.1 Å². The van der Waals surface area contributed by atoms with Gasteiger partial charge in [0, 0.05) is 18.0 Å². The number of sulfone groups is 1. The molecular weight excluding hydrogens is 255 g/mol. The van der Waals surface area contributed by atoms with Crippen LogP contribution in [0.15, 0.2) is 41.4 Å². The van der Waals surface area contributed by atoms with Gasteiger partial charge in [0.15, 0.2) is 21.5 Å². The van der Waals surface area contributed by atoms with Crippen LogP contribution in [0, 0.1) is 5.82 Å². The first-order valence-electron chi connectivity index (χ1n) is 5.09. The van der Waals surface area contributed by atoms with Crippen molar-refractivity contribution < 1.29 is 12.8 Å². The van der Waals surface area contributed by atoms with Gasteiger partial charge in [-0.05, 0) is 23.8 Å². The molecule has 1 aromatic heterocycles. The van der Waals surface area contributed by atoms with Gasteiger partial charge < -0.3 is 5.73 Å². The van der Waals surface area contributed by atoms with Crippen LogP contribution in [-0.4, -0.2) is 19.7 Å². The number of nitrogens with two attached hydrogens (primary N) is 1. The van der Waals surface area contributed by atoms with Crippen molar-refractivity contribution in [3.05, 3.63) is 42.3 Å². The van der Waals surface area contributed by atoms with Gasteiger partial charge in [0.2, 0.25) is 0 Å². The predicted octanol–water partition coefficient (Wildman–Crippen LogP) is 1.87. The molecule has 0 fully saturated rings. The van der Waals surface area contributed by atoms with Gasteiger partial charge in [-0.2, -0.15) is 0 Å². The van der Waals surface area contributed by atoms with Crippen molar-refractivity contribution in [2.24, 2.45) is 0 Å². The van der Waals surface area contributed by atoms with E-state index in [1.165, 1.54) is 24.4 Å². The molecule has 0 aliphatic carbocycles.